The molecule has 0 radical (unpaired) electrons. The maximum Gasteiger partial charge on any atom is 0.573 e. The molecule has 0 spiro atoms. The summed E-state index contributed by atoms with van der Waals surface area (Å²) in [5.74, 6) is -0.551. The Labute approximate surface area is 234 Å². The average Bonchev–Trinajstić information content (AvgIpc) is 2.90. The van der Waals surface area contributed by atoms with E-state index in [2.05, 4.69) is 9.72 Å². The zero-order valence-electron chi connectivity index (χ0n) is 23.1. The molecular weight excluding hydrogens is 547 g/mol. The van der Waals surface area contributed by atoms with Gasteiger partial charge in [-0.2, -0.15) is 0 Å². The van der Waals surface area contributed by atoms with E-state index in [1.165, 1.54) is 29.9 Å². The number of aryl methyl sites for hydroxylation is 1. The van der Waals surface area contributed by atoms with Gasteiger partial charge in [-0.05, 0) is 50.2 Å². The molecule has 1 saturated heterocycles. The van der Waals surface area contributed by atoms with Crippen molar-refractivity contribution in [2.45, 2.75) is 71.3 Å². The van der Waals surface area contributed by atoms with Gasteiger partial charge in [0.15, 0.2) is 12.0 Å². The first-order valence-corrected chi connectivity index (χ1v) is 13.5. The van der Waals surface area contributed by atoms with E-state index in [-0.39, 0.29) is 59.9 Å². The average molecular weight is 582 g/mol. The highest BCUT2D eigenvalue weighted by Crippen LogP contribution is 2.37. The Bertz CT molecular complexity index is 1460. The van der Waals surface area contributed by atoms with Gasteiger partial charge in [-0.25, -0.2) is 9.78 Å². The molecule has 0 amide bonds. The van der Waals surface area contributed by atoms with Crippen molar-refractivity contribution in [3.63, 3.8) is 0 Å². The van der Waals surface area contributed by atoms with Crippen LogP contribution in [-0.4, -0.2) is 45.1 Å². The van der Waals surface area contributed by atoms with Crippen LogP contribution in [0.25, 0.3) is 11.0 Å². The first-order chi connectivity index (χ1) is 19.4. The summed E-state index contributed by atoms with van der Waals surface area (Å²) in [6.07, 6.45) is -1.78. The fourth-order valence-electron chi connectivity index (χ4n) is 4.77. The quantitative estimate of drug-likeness (QED) is 0.322. The molecule has 13 heteroatoms. The molecule has 1 aromatic carbocycles. The number of benzene rings is 1. The zero-order chi connectivity index (χ0) is 29.7. The van der Waals surface area contributed by atoms with E-state index >= 15 is 0 Å². The number of aromatic nitrogens is 3. The lowest BCUT2D eigenvalue weighted by molar-refractivity contribution is -0.274. The van der Waals surface area contributed by atoms with Crippen molar-refractivity contribution < 1.29 is 37.2 Å². The number of ether oxygens (including phenoxy) is 4. The maximum absolute atomic E-state index is 13.8. The number of alkyl halides is 3. The fraction of sp³-hybridized carbons (Fsp3) is 0.536. The van der Waals surface area contributed by atoms with Crippen LogP contribution < -0.4 is 20.7 Å². The minimum atomic E-state index is -4.90. The molecule has 1 aliphatic rings. The topological polar surface area (TPSA) is 114 Å². The number of pyridine rings is 1. The summed E-state index contributed by atoms with van der Waals surface area (Å²) in [5, 5.41) is 11.2. The lowest BCUT2D eigenvalue weighted by Gasteiger charge is -2.23. The maximum atomic E-state index is 13.8. The van der Waals surface area contributed by atoms with Crippen molar-refractivity contribution in [3.8, 4) is 17.2 Å². The van der Waals surface area contributed by atoms with E-state index in [9.17, 15) is 27.9 Å². The minimum Gasteiger partial charge on any atom is -0.455 e. The van der Waals surface area contributed by atoms with Gasteiger partial charge in [0.05, 0.1) is 24.3 Å². The Morgan fingerprint density at radius 2 is 1.95 bits per heavy atom. The van der Waals surface area contributed by atoms with Crippen molar-refractivity contribution >= 4 is 11.0 Å². The third kappa shape index (κ3) is 7.66. The summed E-state index contributed by atoms with van der Waals surface area (Å²) in [7, 11) is 1.47. The molecule has 3 heterocycles. The van der Waals surface area contributed by atoms with Crippen LogP contribution in [0.5, 0.6) is 17.2 Å². The van der Waals surface area contributed by atoms with E-state index in [4.69, 9.17) is 14.2 Å². The van der Waals surface area contributed by atoms with Gasteiger partial charge in [0, 0.05) is 31.8 Å². The highest BCUT2D eigenvalue weighted by atomic mass is 19.4. The summed E-state index contributed by atoms with van der Waals surface area (Å²) >= 11 is 0. The molecular formula is C28H34F3N3O7. The summed E-state index contributed by atoms with van der Waals surface area (Å²) < 4.78 is 61.6. The molecule has 2 atom stereocenters. The van der Waals surface area contributed by atoms with Crippen molar-refractivity contribution in [2.75, 3.05) is 13.2 Å². The second kappa shape index (κ2) is 13.0. The smallest absolute Gasteiger partial charge is 0.455 e. The Morgan fingerprint density at radius 1 is 1.20 bits per heavy atom. The van der Waals surface area contributed by atoms with Gasteiger partial charge in [-0.3, -0.25) is 13.9 Å². The first kappa shape index (κ1) is 30.5. The molecule has 2 unspecified atom stereocenters. The van der Waals surface area contributed by atoms with Gasteiger partial charge in [0.25, 0.3) is 5.56 Å². The number of halogens is 3. The lowest BCUT2D eigenvalue weighted by Crippen LogP contribution is -2.40. The van der Waals surface area contributed by atoms with Crippen LogP contribution in [0.4, 0.5) is 13.2 Å². The van der Waals surface area contributed by atoms with Crippen LogP contribution in [-0.2, 0) is 23.1 Å². The highest BCUT2D eigenvalue weighted by molar-refractivity contribution is 5.81. The molecule has 0 aliphatic carbocycles. The van der Waals surface area contributed by atoms with Crippen LogP contribution in [0, 0.1) is 5.92 Å². The minimum absolute atomic E-state index is 0.0125. The molecule has 224 valence electrons. The summed E-state index contributed by atoms with van der Waals surface area (Å²) in [5.41, 5.74) is -1.12. The first-order valence-electron chi connectivity index (χ1n) is 13.5. The second-order valence-corrected chi connectivity index (χ2v) is 10.3. The molecule has 1 fully saturated rings. The van der Waals surface area contributed by atoms with Gasteiger partial charge < -0.3 is 24.1 Å². The van der Waals surface area contributed by atoms with E-state index in [1.54, 1.807) is 0 Å². The summed E-state index contributed by atoms with van der Waals surface area (Å²) in [6.45, 7) is 4.73. The Hall–Kier alpha value is -3.42. The monoisotopic (exact) mass is 581 g/mol. The molecule has 0 saturated carbocycles. The molecule has 4 rings (SSSR count). The number of aliphatic hydroxyl groups is 1. The number of fused-ring (bicyclic) bond motifs is 1. The number of rotatable bonds is 11. The highest BCUT2D eigenvalue weighted by Gasteiger charge is 2.31. The van der Waals surface area contributed by atoms with Gasteiger partial charge in [0.1, 0.15) is 17.1 Å². The lowest BCUT2D eigenvalue weighted by atomic mass is 9.97. The van der Waals surface area contributed by atoms with Crippen molar-refractivity contribution in [2.24, 2.45) is 13.0 Å². The van der Waals surface area contributed by atoms with Crippen LogP contribution in [0.3, 0.4) is 0 Å². The molecule has 1 N–H and O–H groups in total. The standard InChI is InChI=1S/C28H34F3N3O7/c1-17(2)14-20(35)23-21(40-18-8-6-9-19(15-18)41-28(29,30)31)16-32-25-24(23)26(36)34(27(37)33(25)3)11-7-13-39-22-10-4-5-12-38-22/h6,8-9,15-17,20,22,35H,4-5,7,10-14H2,1-3H3. The summed E-state index contributed by atoms with van der Waals surface area (Å²) in [6, 6.07) is 4.87. The van der Waals surface area contributed by atoms with Gasteiger partial charge in [0.2, 0.25) is 0 Å². The molecule has 41 heavy (non-hydrogen) atoms. The molecule has 0 bridgehead atoms. The predicted octanol–water partition coefficient (Wildman–Crippen LogP) is 4.80. The number of hydrogen-bond acceptors (Lipinski definition) is 8. The Kier molecular flexibility index (Phi) is 9.72. The summed E-state index contributed by atoms with van der Waals surface area (Å²) in [4.78, 5) is 31.1. The fourth-order valence-corrected chi connectivity index (χ4v) is 4.77. The van der Waals surface area contributed by atoms with E-state index in [1.807, 2.05) is 13.8 Å². The number of hydrogen-bond donors (Lipinski definition) is 1. The molecule has 10 nitrogen and oxygen atoms in total. The van der Waals surface area contributed by atoms with Crippen LogP contribution >= 0.6 is 0 Å². The second-order valence-electron chi connectivity index (χ2n) is 10.3. The normalized spacial score (nSPS) is 16.7. The SMILES string of the molecule is CC(C)CC(O)c1c(Oc2cccc(OC(F)(F)F)c2)cnc2c1c(=O)n(CCCOC1CCCCO1)c(=O)n2C. The van der Waals surface area contributed by atoms with E-state index < -0.39 is 29.5 Å². The number of nitrogens with zero attached hydrogens (tertiary/aromatic N) is 3. The number of aliphatic hydroxyl groups excluding tert-OH is 1. The van der Waals surface area contributed by atoms with Crippen molar-refractivity contribution in [1.82, 2.24) is 14.1 Å². The Morgan fingerprint density at radius 3 is 2.63 bits per heavy atom. The van der Waals surface area contributed by atoms with E-state index in [0.29, 0.717) is 13.0 Å². The van der Waals surface area contributed by atoms with Gasteiger partial charge in [-0.1, -0.05) is 19.9 Å². The predicted molar refractivity (Wildman–Crippen MR) is 143 cm³/mol. The van der Waals surface area contributed by atoms with Crippen LogP contribution in [0.15, 0.2) is 40.1 Å². The molecule has 3 aromatic rings. The third-order valence-corrected chi connectivity index (χ3v) is 6.62. The third-order valence-electron chi connectivity index (χ3n) is 6.62. The Balaban J connectivity index is 1.72. The van der Waals surface area contributed by atoms with Gasteiger partial charge >= 0.3 is 12.1 Å². The van der Waals surface area contributed by atoms with Crippen molar-refractivity contribution in [3.05, 3.63) is 56.9 Å². The largest absolute Gasteiger partial charge is 0.573 e. The van der Waals surface area contributed by atoms with Gasteiger partial charge in [-0.15, -0.1) is 13.2 Å². The molecule has 2 aromatic heterocycles. The van der Waals surface area contributed by atoms with Crippen LogP contribution in [0.1, 0.15) is 57.6 Å². The zero-order valence-corrected chi connectivity index (χ0v) is 23.1. The molecule has 1 aliphatic heterocycles. The van der Waals surface area contributed by atoms with Crippen molar-refractivity contribution in [1.29, 1.82) is 0 Å². The van der Waals surface area contributed by atoms with E-state index in [0.717, 1.165) is 36.0 Å². The van der Waals surface area contributed by atoms with Crippen LogP contribution in [0.2, 0.25) is 0 Å².